The number of carbonyl (C=O) groups excluding carboxylic acids is 1. The lowest BCUT2D eigenvalue weighted by molar-refractivity contribution is -0.134. The third-order valence-corrected chi connectivity index (χ3v) is 4.27. The fourth-order valence-corrected chi connectivity index (χ4v) is 3.09. The molecule has 2 fully saturated rings. The highest BCUT2D eigenvalue weighted by atomic mass is 35.5. The van der Waals surface area contributed by atoms with E-state index >= 15 is 0 Å². The van der Waals surface area contributed by atoms with E-state index in [4.69, 9.17) is 10.5 Å². The molecule has 2 aliphatic heterocycles. The zero-order valence-electron chi connectivity index (χ0n) is 13.7. The van der Waals surface area contributed by atoms with E-state index in [1.54, 1.807) is 0 Å². The number of halogens is 2. The van der Waals surface area contributed by atoms with Gasteiger partial charge in [-0.15, -0.1) is 24.8 Å². The number of nitrogens with two attached hydrogens (primary N) is 1. The summed E-state index contributed by atoms with van der Waals surface area (Å²) in [5, 5.41) is 0. The van der Waals surface area contributed by atoms with Gasteiger partial charge in [-0.1, -0.05) is 13.8 Å². The Morgan fingerprint density at radius 2 is 1.86 bits per heavy atom. The minimum atomic E-state index is -0.329. The molecule has 0 spiro atoms. The standard InChI is InChI=1S/C15H29N3O2.2ClH/c1-12(2)9-14(16)15(19)18-6-4-17(5-7-18)10-13-3-8-20-11-13;;/h12-14H,3-11,16H2,1-2H3;2*1H/t13?,14-;;/m0../s1. The minimum Gasteiger partial charge on any atom is -0.381 e. The number of carbonyl (C=O) groups is 1. The first-order valence-electron chi connectivity index (χ1n) is 7.90. The topological polar surface area (TPSA) is 58.8 Å². The molecular weight excluding hydrogens is 325 g/mol. The van der Waals surface area contributed by atoms with Crippen LogP contribution in [0.25, 0.3) is 0 Å². The molecule has 7 heteroatoms. The Hall–Kier alpha value is -0.0700. The van der Waals surface area contributed by atoms with Crippen molar-refractivity contribution in [3.05, 3.63) is 0 Å². The van der Waals surface area contributed by atoms with Gasteiger partial charge in [0, 0.05) is 39.3 Å². The van der Waals surface area contributed by atoms with E-state index in [0.717, 1.165) is 52.4 Å². The fourth-order valence-electron chi connectivity index (χ4n) is 3.09. The highest BCUT2D eigenvalue weighted by molar-refractivity contribution is 5.85. The normalized spacial score (nSPS) is 23.8. The van der Waals surface area contributed by atoms with Crippen LogP contribution in [0.5, 0.6) is 0 Å². The maximum absolute atomic E-state index is 12.2. The number of ether oxygens (including phenoxy) is 1. The van der Waals surface area contributed by atoms with E-state index in [1.807, 2.05) is 4.90 Å². The lowest BCUT2D eigenvalue weighted by atomic mass is 10.0. The van der Waals surface area contributed by atoms with Gasteiger partial charge in [0.05, 0.1) is 12.6 Å². The Morgan fingerprint density at radius 1 is 1.23 bits per heavy atom. The zero-order valence-corrected chi connectivity index (χ0v) is 15.3. The molecule has 2 rings (SSSR count). The molecule has 2 N–H and O–H groups in total. The van der Waals surface area contributed by atoms with Gasteiger partial charge in [-0.2, -0.15) is 0 Å². The average molecular weight is 356 g/mol. The van der Waals surface area contributed by atoms with E-state index in [1.165, 1.54) is 6.42 Å². The summed E-state index contributed by atoms with van der Waals surface area (Å²) in [6.07, 6.45) is 1.96. The second kappa shape index (κ2) is 10.7. The molecule has 0 saturated carbocycles. The van der Waals surface area contributed by atoms with Crippen LogP contribution in [0.15, 0.2) is 0 Å². The van der Waals surface area contributed by atoms with Crippen molar-refractivity contribution >= 4 is 30.7 Å². The molecule has 132 valence electrons. The predicted octanol–water partition coefficient (Wildman–Crippen LogP) is 1.38. The number of nitrogens with zero attached hydrogens (tertiary/aromatic N) is 2. The van der Waals surface area contributed by atoms with Crippen LogP contribution in [0.4, 0.5) is 0 Å². The van der Waals surface area contributed by atoms with Crippen LogP contribution >= 0.6 is 24.8 Å². The van der Waals surface area contributed by atoms with Crippen molar-refractivity contribution in [2.24, 2.45) is 17.6 Å². The number of hydrogen-bond donors (Lipinski definition) is 1. The first-order chi connectivity index (χ1) is 9.56. The highest BCUT2D eigenvalue weighted by Crippen LogP contribution is 2.15. The lowest BCUT2D eigenvalue weighted by Gasteiger charge is -2.37. The Balaban J connectivity index is 0.00000220. The largest absolute Gasteiger partial charge is 0.381 e. The molecule has 0 bridgehead atoms. The van der Waals surface area contributed by atoms with Crippen molar-refractivity contribution in [1.29, 1.82) is 0 Å². The molecular formula is C15H31Cl2N3O2. The van der Waals surface area contributed by atoms with Gasteiger partial charge in [0.2, 0.25) is 5.91 Å². The van der Waals surface area contributed by atoms with Crippen molar-refractivity contribution in [3.8, 4) is 0 Å². The molecule has 0 radical (unpaired) electrons. The summed E-state index contributed by atoms with van der Waals surface area (Å²) in [7, 11) is 0. The second-order valence-corrected chi connectivity index (χ2v) is 6.59. The van der Waals surface area contributed by atoms with E-state index < -0.39 is 0 Å². The molecule has 0 aromatic rings. The van der Waals surface area contributed by atoms with Crippen molar-refractivity contribution in [3.63, 3.8) is 0 Å². The van der Waals surface area contributed by atoms with Gasteiger partial charge in [0.25, 0.3) is 0 Å². The molecule has 2 aliphatic rings. The van der Waals surface area contributed by atoms with Crippen LogP contribution in [-0.4, -0.2) is 67.7 Å². The molecule has 0 aromatic heterocycles. The van der Waals surface area contributed by atoms with Crippen LogP contribution in [0.1, 0.15) is 26.7 Å². The van der Waals surface area contributed by atoms with Gasteiger partial charge in [0.1, 0.15) is 0 Å². The first kappa shape index (κ1) is 21.9. The van der Waals surface area contributed by atoms with Crippen LogP contribution in [0.2, 0.25) is 0 Å². The molecule has 1 unspecified atom stereocenters. The van der Waals surface area contributed by atoms with E-state index in [0.29, 0.717) is 11.8 Å². The molecule has 22 heavy (non-hydrogen) atoms. The Labute approximate surface area is 146 Å². The number of amides is 1. The molecule has 5 nitrogen and oxygen atoms in total. The van der Waals surface area contributed by atoms with Gasteiger partial charge in [-0.25, -0.2) is 0 Å². The lowest BCUT2D eigenvalue weighted by Crippen LogP contribution is -2.54. The Morgan fingerprint density at radius 3 is 2.36 bits per heavy atom. The summed E-state index contributed by atoms with van der Waals surface area (Å²) < 4.78 is 5.42. The van der Waals surface area contributed by atoms with Crippen molar-refractivity contribution < 1.29 is 9.53 Å². The van der Waals surface area contributed by atoms with E-state index in [-0.39, 0.29) is 36.8 Å². The summed E-state index contributed by atoms with van der Waals surface area (Å²) in [5.74, 6) is 1.28. The SMILES string of the molecule is CC(C)C[C@H](N)C(=O)N1CCN(CC2CCOC2)CC1.Cl.Cl. The second-order valence-electron chi connectivity index (χ2n) is 6.59. The summed E-state index contributed by atoms with van der Waals surface area (Å²) in [4.78, 5) is 16.6. The maximum atomic E-state index is 12.2. The van der Waals surface area contributed by atoms with Crippen molar-refractivity contribution in [2.45, 2.75) is 32.7 Å². The molecule has 1 amide bonds. The molecule has 2 atom stereocenters. The van der Waals surface area contributed by atoms with Gasteiger partial charge in [-0.05, 0) is 24.7 Å². The van der Waals surface area contributed by atoms with Gasteiger partial charge in [0.15, 0.2) is 0 Å². The minimum absolute atomic E-state index is 0. The third-order valence-electron chi connectivity index (χ3n) is 4.27. The number of piperazine rings is 1. The van der Waals surface area contributed by atoms with Crippen LogP contribution in [-0.2, 0) is 9.53 Å². The quantitative estimate of drug-likeness (QED) is 0.809. The summed E-state index contributed by atoms with van der Waals surface area (Å²) in [6.45, 7) is 10.7. The zero-order chi connectivity index (χ0) is 14.5. The number of hydrogen-bond acceptors (Lipinski definition) is 4. The molecule has 0 aliphatic carbocycles. The first-order valence-corrected chi connectivity index (χ1v) is 7.90. The average Bonchev–Trinajstić information content (AvgIpc) is 2.91. The van der Waals surface area contributed by atoms with Crippen LogP contribution in [0, 0.1) is 11.8 Å². The summed E-state index contributed by atoms with van der Waals surface area (Å²) >= 11 is 0. The smallest absolute Gasteiger partial charge is 0.239 e. The fraction of sp³-hybridized carbons (Fsp3) is 0.933. The summed E-state index contributed by atoms with van der Waals surface area (Å²) in [5.41, 5.74) is 5.99. The van der Waals surface area contributed by atoms with Crippen LogP contribution < -0.4 is 5.73 Å². The predicted molar refractivity (Wildman–Crippen MR) is 93.9 cm³/mol. The molecule has 2 saturated heterocycles. The molecule has 0 aromatic carbocycles. The monoisotopic (exact) mass is 355 g/mol. The Bertz CT molecular complexity index is 318. The van der Waals surface area contributed by atoms with Gasteiger partial charge >= 0.3 is 0 Å². The van der Waals surface area contributed by atoms with Gasteiger partial charge < -0.3 is 15.4 Å². The third kappa shape index (κ3) is 6.59. The van der Waals surface area contributed by atoms with Crippen LogP contribution in [0.3, 0.4) is 0 Å². The highest BCUT2D eigenvalue weighted by Gasteiger charge is 2.27. The van der Waals surface area contributed by atoms with Crippen molar-refractivity contribution in [1.82, 2.24) is 9.80 Å². The van der Waals surface area contributed by atoms with E-state index in [9.17, 15) is 4.79 Å². The Kier molecular flexibility index (Phi) is 10.6. The molecule has 2 heterocycles. The number of rotatable bonds is 5. The van der Waals surface area contributed by atoms with E-state index in [2.05, 4.69) is 18.7 Å². The maximum Gasteiger partial charge on any atom is 0.239 e. The van der Waals surface area contributed by atoms with Crippen molar-refractivity contribution in [2.75, 3.05) is 45.9 Å². The summed E-state index contributed by atoms with van der Waals surface area (Å²) in [6, 6.07) is -0.329. The van der Waals surface area contributed by atoms with Gasteiger partial charge in [-0.3, -0.25) is 9.69 Å².